The first kappa shape index (κ1) is 20.7. The largest absolute Gasteiger partial charge is 0.376 e. The second-order valence-corrected chi connectivity index (χ2v) is 5.29. The minimum Gasteiger partial charge on any atom is -0.376 e. The maximum Gasteiger partial charge on any atom is 0.168 e. The SMILES string of the molecule is CCCCN(CCCC)C(N)=S.CNC(=S)N(C)C. The van der Waals surface area contributed by atoms with Crippen molar-refractivity contribution in [2.45, 2.75) is 39.5 Å². The third kappa shape index (κ3) is 13.6. The molecule has 0 saturated heterocycles. The number of rotatable bonds is 6. The van der Waals surface area contributed by atoms with Crippen LogP contribution in [-0.2, 0) is 0 Å². The van der Waals surface area contributed by atoms with Gasteiger partial charge in [0.05, 0.1) is 0 Å². The topological polar surface area (TPSA) is 44.5 Å². The summed E-state index contributed by atoms with van der Waals surface area (Å²) in [4.78, 5) is 3.94. The molecule has 0 aliphatic carbocycles. The third-order valence-electron chi connectivity index (χ3n) is 2.49. The lowest BCUT2D eigenvalue weighted by Gasteiger charge is -2.21. The van der Waals surface area contributed by atoms with Crippen molar-refractivity contribution in [3.63, 3.8) is 0 Å². The molecular weight excluding hydrogens is 276 g/mol. The van der Waals surface area contributed by atoms with E-state index >= 15 is 0 Å². The third-order valence-corrected chi connectivity index (χ3v) is 3.32. The van der Waals surface area contributed by atoms with E-state index in [1.807, 2.05) is 26.0 Å². The van der Waals surface area contributed by atoms with E-state index in [1.54, 1.807) is 0 Å². The summed E-state index contributed by atoms with van der Waals surface area (Å²) in [5, 5.41) is 4.14. The Bertz CT molecular complexity index is 237. The van der Waals surface area contributed by atoms with Crippen LogP contribution in [0.4, 0.5) is 0 Å². The van der Waals surface area contributed by atoms with Gasteiger partial charge in [0, 0.05) is 34.2 Å². The molecule has 0 bridgehead atoms. The van der Waals surface area contributed by atoms with Crippen LogP contribution in [0.3, 0.4) is 0 Å². The lowest BCUT2D eigenvalue weighted by atomic mass is 10.3. The first-order chi connectivity index (χ1) is 8.90. The predicted molar refractivity (Wildman–Crippen MR) is 93.5 cm³/mol. The average molecular weight is 307 g/mol. The van der Waals surface area contributed by atoms with E-state index in [4.69, 9.17) is 30.2 Å². The van der Waals surface area contributed by atoms with Crippen LogP contribution in [0, 0.1) is 0 Å². The second-order valence-electron chi connectivity index (χ2n) is 4.48. The Hall–Kier alpha value is -0.620. The minimum atomic E-state index is 0.553. The molecule has 0 amide bonds. The Labute approximate surface area is 129 Å². The molecule has 114 valence electrons. The zero-order valence-corrected chi connectivity index (χ0v) is 14.7. The van der Waals surface area contributed by atoms with Crippen LogP contribution in [0.15, 0.2) is 0 Å². The molecule has 0 fully saturated rings. The molecule has 0 heterocycles. The average Bonchev–Trinajstić information content (AvgIpc) is 2.38. The van der Waals surface area contributed by atoms with Crippen molar-refractivity contribution in [2.24, 2.45) is 5.73 Å². The summed E-state index contributed by atoms with van der Waals surface area (Å²) in [6.07, 6.45) is 4.76. The Morgan fingerprint density at radius 2 is 1.47 bits per heavy atom. The van der Waals surface area contributed by atoms with E-state index in [1.165, 1.54) is 25.7 Å². The minimum absolute atomic E-state index is 0.553. The molecule has 0 spiro atoms. The van der Waals surface area contributed by atoms with E-state index < -0.39 is 0 Å². The maximum absolute atomic E-state index is 5.58. The standard InChI is InChI=1S/C9H20N2S.C4H10N2S/c1-3-5-7-11(9(10)12)8-6-4-2;1-5-4(7)6(2)3/h3-8H2,1-2H3,(H2,10,12);1-3H3,(H,5,7). The van der Waals surface area contributed by atoms with Crippen LogP contribution in [0.2, 0.25) is 0 Å². The van der Waals surface area contributed by atoms with Crippen LogP contribution in [-0.4, -0.2) is 54.3 Å². The highest BCUT2D eigenvalue weighted by Gasteiger charge is 2.03. The molecule has 3 N–H and O–H groups in total. The number of hydrogen-bond donors (Lipinski definition) is 2. The monoisotopic (exact) mass is 306 g/mol. The highest BCUT2D eigenvalue weighted by Crippen LogP contribution is 1.98. The number of nitrogens with one attached hydrogen (secondary N) is 1. The molecule has 0 atom stereocenters. The van der Waals surface area contributed by atoms with Gasteiger partial charge in [-0.25, -0.2) is 0 Å². The van der Waals surface area contributed by atoms with Gasteiger partial charge in [-0.05, 0) is 37.3 Å². The molecule has 0 rings (SSSR count). The van der Waals surface area contributed by atoms with Crippen LogP contribution in [0.5, 0.6) is 0 Å². The summed E-state index contributed by atoms with van der Waals surface area (Å²) in [5.41, 5.74) is 5.58. The van der Waals surface area contributed by atoms with Crippen LogP contribution in [0.25, 0.3) is 0 Å². The Kier molecular flexibility index (Phi) is 15.0. The van der Waals surface area contributed by atoms with Crippen molar-refractivity contribution in [1.29, 1.82) is 0 Å². The van der Waals surface area contributed by atoms with Gasteiger partial charge < -0.3 is 20.9 Å². The summed E-state index contributed by atoms with van der Waals surface area (Å²) in [6.45, 7) is 6.40. The van der Waals surface area contributed by atoms with Gasteiger partial charge in [-0.2, -0.15) is 0 Å². The van der Waals surface area contributed by atoms with Crippen LogP contribution in [0.1, 0.15) is 39.5 Å². The maximum atomic E-state index is 5.58. The number of nitrogens with two attached hydrogens (primary N) is 1. The van der Waals surface area contributed by atoms with Gasteiger partial charge in [0.2, 0.25) is 0 Å². The van der Waals surface area contributed by atoms with Gasteiger partial charge in [0.15, 0.2) is 10.2 Å². The molecule has 0 aromatic rings. The zero-order valence-electron chi connectivity index (χ0n) is 13.0. The van der Waals surface area contributed by atoms with E-state index in [2.05, 4.69) is 24.1 Å². The van der Waals surface area contributed by atoms with E-state index in [-0.39, 0.29) is 0 Å². The predicted octanol–water partition coefficient (Wildman–Crippen LogP) is 2.18. The molecular formula is C13H30N4S2. The molecule has 6 heteroatoms. The first-order valence-corrected chi connectivity index (χ1v) is 7.65. The fourth-order valence-corrected chi connectivity index (χ4v) is 1.44. The molecule has 0 saturated carbocycles. The van der Waals surface area contributed by atoms with Crippen LogP contribution < -0.4 is 11.1 Å². The van der Waals surface area contributed by atoms with Gasteiger partial charge in [-0.1, -0.05) is 26.7 Å². The molecule has 0 unspecified atom stereocenters. The highest BCUT2D eigenvalue weighted by atomic mass is 32.1. The van der Waals surface area contributed by atoms with E-state index in [9.17, 15) is 0 Å². The van der Waals surface area contributed by atoms with Gasteiger partial charge in [0.25, 0.3) is 0 Å². The smallest absolute Gasteiger partial charge is 0.168 e. The van der Waals surface area contributed by atoms with Crippen molar-refractivity contribution < 1.29 is 0 Å². The molecule has 0 aliphatic rings. The first-order valence-electron chi connectivity index (χ1n) is 6.84. The number of unbranched alkanes of at least 4 members (excludes halogenated alkanes) is 2. The fraction of sp³-hybridized carbons (Fsp3) is 0.846. The quantitative estimate of drug-likeness (QED) is 0.734. The Balaban J connectivity index is 0. The molecule has 0 aromatic heterocycles. The summed E-state index contributed by atoms with van der Waals surface area (Å²) in [5.74, 6) is 0. The molecule has 0 radical (unpaired) electrons. The molecule has 0 aliphatic heterocycles. The molecule has 4 nitrogen and oxygen atoms in total. The zero-order chi connectivity index (χ0) is 15.3. The fourth-order valence-electron chi connectivity index (χ4n) is 1.25. The summed E-state index contributed by atoms with van der Waals surface area (Å²) in [6, 6.07) is 0. The van der Waals surface area contributed by atoms with Gasteiger partial charge >= 0.3 is 0 Å². The summed E-state index contributed by atoms with van der Waals surface area (Å²) < 4.78 is 0. The normalized spacial score (nSPS) is 9.11. The lowest BCUT2D eigenvalue weighted by Crippen LogP contribution is -2.36. The summed E-state index contributed by atoms with van der Waals surface area (Å²) in [7, 11) is 5.61. The van der Waals surface area contributed by atoms with Crippen molar-refractivity contribution in [3.05, 3.63) is 0 Å². The summed E-state index contributed by atoms with van der Waals surface area (Å²) >= 11 is 9.74. The van der Waals surface area contributed by atoms with E-state index in [0.29, 0.717) is 5.11 Å². The van der Waals surface area contributed by atoms with Crippen molar-refractivity contribution in [1.82, 2.24) is 15.1 Å². The Morgan fingerprint density at radius 3 is 1.63 bits per heavy atom. The second kappa shape index (κ2) is 13.8. The highest BCUT2D eigenvalue weighted by molar-refractivity contribution is 7.80. The van der Waals surface area contributed by atoms with E-state index in [0.717, 1.165) is 18.2 Å². The number of nitrogens with zero attached hydrogens (tertiary/aromatic N) is 2. The van der Waals surface area contributed by atoms with Crippen molar-refractivity contribution in [2.75, 3.05) is 34.2 Å². The van der Waals surface area contributed by atoms with Crippen molar-refractivity contribution >= 4 is 34.7 Å². The van der Waals surface area contributed by atoms with Gasteiger partial charge in [-0.3, -0.25) is 0 Å². The number of hydrogen-bond acceptors (Lipinski definition) is 2. The van der Waals surface area contributed by atoms with Gasteiger partial charge in [-0.15, -0.1) is 0 Å². The van der Waals surface area contributed by atoms with Crippen molar-refractivity contribution in [3.8, 4) is 0 Å². The molecule has 0 aromatic carbocycles. The molecule has 19 heavy (non-hydrogen) atoms. The van der Waals surface area contributed by atoms with Gasteiger partial charge in [0.1, 0.15) is 0 Å². The number of thiocarbonyl (C=S) groups is 2. The Morgan fingerprint density at radius 1 is 1.05 bits per heavy atom. The van der Waals surface area contributed by atoms with Crippen LogP contribution >= 0.6 is 24.4 Å². The lowest BCUT2D eigenvalue weighted by molar-refractivity contribution is 0.401.